The summed E-state index contributed by atoms with van der Waals surface area (Å²) in [6.07, 6.45) is 1.58. The summed E-state index contributed by atoms with van der Waals surface area (Å²) in [5.74, 6) is -1.51. The van der Waals surface area contributed by atoms with Gasteiger partial charge in [0.15, 0.2) is 19.7 Å². The largest absolute Gasteiger partial charge is 0.505 e. The fraction of sp³-hybridized carbons (Fsp3) is 0.194. The molecule has 0 saturated heterocycles. The molecule has 0 spiro atoms. The molecule has 0 fully saturated rings. The van der Waals surface area contributed by atoms with Crippen LogP contribution in [-0.4, -0.2) is 106 Å². The molecule has 1 aliphatic carbocycles. The van der Waals surface area contributed by atoms with E-state index in [1.54, 1.807) is 72.8 Å². The average molecular weight is 1330 g/mol. The standard InChI is InChI=1S/C28H30N2O3.2C17H14N5O6S.Cr/c1-5-29(6-2)19-13-15-23-25(17-19)33-26-18-20(30(7-3)8-4)14-16-24(26)27(23)21-11-9-10-12-22(21)28(31)32;2*1-10-16(17(24)21(20-10)11-6-4-3-5-7-11)19-18-12-8-15(29(2,27)28)13(22(25)26)9-14(12)23;/h9-18H,5-8H2,1-4H3;2*3-9,23H,1-2H3;/q;2*-1;/p+1. The van der Waals surface area contributed by atoms with Crippen molar-refractivity contribution in [1.29, 1.82) is 0 Å². The number of phenolic OH excluding ortho intramolecular Hbond substituents is 2. The summed E-state index contributed by atoms with van der Waals surface area (Å²) in [4.78, 5) is 58.5. The number of benzene rings is 7. The molecule has 476 valence electrons. The van der Waals surface area contributed by atoms with E-state index >= 15 is 0 Å². The number of carbonyl (C=O) groups is 1. The fourth-order valence-electron chi connectivity index (χ4n) is 9.67. The number of aryl methyl sites for hydroxylation is 2. The number of phenols is 2. The van der Waals surface area contributed by atoms with Crippen molar-refractivity contribution in [2.75, 3.05) is 43.6 Å². The molecule has 3 heterocycles. The molecule has 0 saturated carbocycles. The van der Waals surface area contributed by atoms with Crippen LogP contribution < -0.4 is 26.0 Å². The predicted octanol–water partition coefficient (Wildman–Crippen LogP) is 10.9. The first-order valence-corrected chi connectivity index (χ1v) is 31.6. The van der Waals surface area contributed by atoms with Crippen LogP contribution in [0.2, 0.25) is 0 Å². The Morgan fingerprint density at radius 2 is 1.09 bits per heavy atom. The zero-order chi connectivity index (χ0) is 66.2. The third kappa shape index (κ3) is 15.0. The molecular weight excluding hydrogens is 1270 g/mol. The van der Waals surface area contributed by atoms with Gasteiger partial charge in [-0.2, -0.15) is 10.2 Å². The molecule has 3 N–H and O–H groups in total. The van der Waals surface area contributed by atoms with E-state index in [4.69, 9.17) is 4.42 Å². The molecule has 0 atom stereocenters. The second-order valence-electron chi connectivity index (χ2n) is 20.1. The van der Waals surface area contributed by atoms with Gasteiger partial charge >= 0.3 is 5.97 Å². The van der Waals surface area contributed by atoms with Crippen LogP contribution in [0.1, 0.15) is 49.4 Å². The monoisotopic (exact) mass is 1330 g/mol. The van der Waals surface area contributed by atoms with Crippen LogP contribution in [0.5, 0.6) is 11.5 Å². The molecule has 2 aliphatic rings. The Morgan fingerprint density at radius 3 is 1.51 bits per heavy atom. The van der Waals surface area contributed by atoms with Crippen molar-refractivity contribution in [1.82, 2.24) is 24.1 Å². The fourth-order valence-corrected chi connectivity index (χ4v) is 11.3. The van der Waals surface area contributed by atoms with Crippen molar-refractivity contribution in [3.8, 4) is 45.3 Å². The van der Waals surface area contributed by atoms with Gasteiger partial charge in [0.25, 0.3) is 11.4 Å². The van der Waals surface area contributed by atoms with Gasteiger partial charge in [0.1, 0.15) is 68.2 Å². The molecule has 0 unspecified atom stereocenters. The van der Waals surface area contributed by atoms with E-state index in [-0.39, 0.29) is 57.1 Å². The summed E-state index contributed by atoms with van der Waals surface area (Å²) in [6.45, 7) is 15.2. The van der Waals surface area contributed by atoms with Gasteiger partial charge < -0.3 is 44.5 Å². The number of nitro benzene ring substituents is 2. The molecule has 27 nitrogen and oxygen atoms in total. The summed E-state index contributed by atoms with van der Waals surface area (Å²) >= 11 is 0. The number of fused-ring (bicyclic) bond motifs is 2. The Balaban J connectivity index is 0.000000195. The summed E-state index contributed by atoms with van der Waals surface area (Å²) in [5, 5.41) is 77.2. The molecule has 30 heteroatoms. The van der Waals surface area contributed by atoms with Gasteiger partial charge in [0.05, 0.1) is 45.0 Å². The smallest absolute Gasteiger partial charge is 0.336 e. The van der Waals surface area contributed by atoms with Gasteiger partial charge in [-0.05, 0) is 93.9 Å². The van der Waals surface area contributed by atoms with Crippen LogP contribution in [0.4, 0.5) is 39.8 Å². The first-order chi connectivity index (χ1) is 43.2. The maximum absolute atomic E-state index is 12.6. The number of para-hydroxylation sites is 2. The number of anilines is 1. The topological polar surface area (TPSA) is 371 Å². The first kappa shape index (κ1) is 68.8. The molecule has 8 aromatic rings. The molecule has 10 rings (SSSR count). The number of hydrogen-bond acceptors (Lipinski definition) is 21. The maximum Gasteiger partial charge on any atom is 0.336 e. The number of carboxylic acid groups (broad SMARTS) is 1. The average Bonchev–Trinajstić information content (AvgIpc) is 1.04. The third-order valence-electron chi connectivity index (χ3n) is 14.2. The van der Waals surface area contributed by atoms with Crippen molar-refractivity contribution in [2.45, 2.75) is 51.3 Å². The van der Waals surface area contributed by atoms with Gasteiger partial charge in [-0.1, -0.05) is 79.8 Å². The SMILES string of the molecule is CCN(CC)c1ccc2c(-c3ccccc3C(=O)O)c3ccc(=[N+](CC)CC)cc-3oc2c1.Cc1nn(-c2ccccc2)c(=O)[c-]1N=Nc1cc(S(C)(=O)=O)c([N+](=O)[O-])cc1O.Cc1nn(-c2ccccc2)c(=O)[c-]1N=Nc1cc(S(C)(=O)=O)c([N+](=O)[O-])cc1O.[Cr]. The third-order valence-corrected chi connectivity index (χ3v) is 16.4. The zero-order valence-electron chi connectivity index (χ0n) is 50.5. The van der Waals surface area contributed by atoms with Crippen molar-refractivity contribution in [3.05, 3.63) is 209 Å². The number of nitrogens with zero attached hydrogens (tertiary/aromatic N) is 12. The Bertz CT molecular complexity index is 4710. The van der Waals surface area contributed by atoms with Gasteiger partial charge in [-0.3, -0.25) is 20.2 Å². The molecule has 6 aromatic carbocycles. The minimum Gasteiger partial charge on any atom is -0.505 e. The van der Waals surface area contributed by atoms with Gasteiger partial charge in [0, 0.05) is 77.3 Å². The van der Waals surface area contributed by atoms with Gasteiger partial charge in [-0.25, -0.2) is 45.8 Å². The van der Waals surface area contributed by atoms with E-state index in [1.807, 2.05) is 12.1 Å². The summed E-state index contributed by atoms with van der Waals surface area (Å²) in [7, 11) is -7.96. The number of aromatic nitrogens is 4. The van der Waals surface area contributed by atoms with Crippen LogP contribution in [0, 0.1) is 34.1 Å². The number of azo groups is 2. The van der Waals surface area contributed by atoms with Crippen LogP contribution in [-0.2, 0) is 37.0 Å². The summed E-state index contributed by atoms with van der Waals surface area (Å²) < 4.78 is 58.4. The molecule has 1 aliphatic heterocycles. The number of rotatable bonds is 17. The van der Waals surface area contributed by atoms with Crippen molar-refractivity contribution < 1.29 is 68.6 Å². The first-order valence-electron chi connectivity index (χ1n) is 27.8. The van der Waals surface area contributed by atoms with Crippen LogP contribution in [0.25, 0.3) is 44.8 Å². The van der Waals surface area contributed by atoms with E-state index in [0.717, 1.165) is 99.1 Å². The summed E-state index contributed by atoms with van der Waals surface area (Å²) in [5.41, 5.74) is 2.51. The molecule has 0 radical (unpaired) electrons. The van der Waals surface area contributed by atoms with Crippen molar-refractivity contribution >= 4 is 76.4 Å². The van der Waals surface area contributed by atoms with Gasteiger partial charge in [-0.15, -0.1) is 11.4 Å². The zero-order valence-corrected chi connectivity index (χ0v) is 53.4. The molecule has 0 amide bonds. The second kappa shape index (κ2) is 28.9. The van der Waals surface area contributed by atoms with Crippen LogP contribution in [0.15, 0.2) is 190 Å². The predicted molar refractivity (Wildman–Crippen MR) is 340 cm³/mol. The van der Waals surface area contributed by atoms with E-state index in [1.165, 1.54) is 13.8 Å². The Kier molecular flexibility index (Phi) is 21.6. The van der Waals surface area contributed by atoms with Gasteiger partial charge in [0.2, 0.25) is 5.36 Å². The molecule has 0 bridgehead atoms. The van der Waals surface area contributed by atoms with E-state index in [2.05, 4.69) is 104 Å². The Hall–Kier alpha value is -10.7. The van der Waals surface area contributed by atoms with Crippen LogP contribution in [0.3, 0.4) is 0 Å². The van der Waals surface area contributed by atoms with E-state index in [0.29, 0.717) is 29.1 Å². The van der Waals surface area contributed by atoms with Crippen LogP contribution >= 0.6 is 0 Å². The van der Waals surface area contributed by atoms with E-state index < -0.39 is 79.3 Å². The second-order valence-corrected chi connectivity index (χ2v) is 24.1. The maximum atomic E-state index is 12.6. The van der Waals surface area contributed by atoms with E-state index in [9.17, 15) is 66.8 Å². The molecule has 92 heavy (non-hydrogen) atoms. The van der Waals surface area contributed by atoms with Crippen molar-refractivity contribution in [3.63, 3.8) is 0 Å². The minimum absolute atomic E-state index is 0. The Morgan fingerprint density at radius 1 is 0.630 bits per heavy atom. The number of nitro groups is 2. The normalized spacial score (nSPS) is 11.4. The van der Waals surface area contributed by atoms with Crippen molar-refractivity contribution in [2.24, 2.45) is 20.5 Å². The Labute approximate surface area is 535 Å². The number of carboxylic acids is 1. The minimum atomic E-state index is -3.98. The molecule has 2 aromatic heterocycles. The number of hydrogen-bond donors (Lipinski definition) is 3. The number of aromatic hydroxyl groups is 2. The number of sulfone groups is 2. The molecular formula is C62H59CrN12O15S2-. The number of aromatic carboxylic acids is 1. The quantitative estimate of drug-likeness (QED) is 0.0190. The summed E-state index contributed by atoms with van der Waals surface area (Å²) in [6, 6.07) is 39.8.